The maximum atomic E-state index is 10.1. The fraction of sp³-hybridized carbons (Fsp3) is 0.625. The first-order valence-corrected chi connectivity index (χ1v) is 7.00. The Morgan fingerprint density at radius 3 is 2.47 bits per heavy atom. The predicted molar refractivity (Wildman–Crippen MR) is 72.6 cm³/mol. The Labute approximate surface area is 105 Å². The first kappa shape index (κ1) is 12.5. The van der Waals surface area contributed by atoms with Crippen molar-refractivity contribution < 1.29 is 5.11 Å². The molecule has 2 rings (SSSR count). The summed E-state index contributed by atoms with van der Waals surface area (Å²) in [5, 5.41) is 10.1. The van der Waals surface area contributed by atoms with Crippen LogP contribution in [0.5, 0.6) is 5.75 Å². The normalized spacial score (nSPS) is 14.4. The van der Waals surface area contributed by atoms with Gasteiger partial charge in [-0.15, -0.1) is 0 Å². The summed E-state index contributed by atoms with van der Waals surface area (Å²) in [5.74, 6) is 1.36. The van der Waals surface area contributed by atoms with Crippen LogP contribution in [-0.2, 0) is 19.3 Å². The van der Waals surface area contributed by atoms with Crippen LogP contribution in [0.25, 0.3) is 0 Å². The quantitative estimate of drug-likeness (QED) is 0.826. The lowest BCUT2D eigenvalue weighted by molar-refractivity contribution is 0.462. The highest BCUT2D eigenvalue weighted by Crippen LogP contribution is 2.36. The average Bonchev–Trinajstić information content (AvgIpc) is 2.81. The Morgan fingerprint density at radius 1 is 1.18 bits per heavy atom. The molecule has 0 fully saturated rings. The molecule has 1 N–H and O–H groups in total. The second-order valence-electron chi connectivity index (χ2n) is 5.40. The maximum Gasteiger partial charge on any atom is 0.121 e. The van der Waals surface area contributed by atoms with Crippen LogP contribution in [0, 0.1) is 12.8 Å². The van der Waals surface area contributed by atoms with Crippen LogP contribution in [0.15, 0.2) is 6.07 Å². The fourth-order valence-corrected chi connectivity index (χ4v) is 3.08. The maximum absolute atomic E-state index is 10.1. The van der Waals surface area contributed by atoms with Crippen LogP contribution in [0.2, 0.25) is 0 Å². The van der Waals surface area contributed by atoms with Crippen molar-refractivity contribution in [3.05, 3.63) is 28.3 Å². The lowest BCUT2D eigenvalue weighted by Gasteiger charge is -2.17. The van der Waals surface area contributed by atoms with Gasteiger partial charge in [-0.3, -0.25) is 0 Å². The van der Waals surface area contributed by atoms with Gasteiger partial charge < -0.3 is 5.11 Å². The van der Waals surface area contributed by atoms with Crippen LogP contribution in [-0.4, -0.2) is 5.11 Å². The monoisotopic (exact) mass is 232 g/mol. The van der Waals surface area contributed by atoms with E-state index in [0.717, 1.165) is 17.9 Å². The summed E-state index contributed by atoms with van der Waals surface area (Å²) in [5.41, 5.74) is 5.26. The zero-order valence-electron chi connectivity index (χ0n) is 11.3. The van der Waals surface area contributed by atoms with E-state index >= 15 is 0 Å². The minimum Gasteiger partial charge on any atom is -0.507 e. The second kappa shape index (κ2) is 5.12. The van der Waals surface area contributed by atoms with E-state index in [-0.39, 0.29) is 0 Å². The molecule has 94 valence electrons. The van der Waals surface area contributed by atoms with Gasteiger partial charge in [0.2, 0.25) is 0 Å². The lowest BCUT2D eigenvalue weighted by atomic mass is 9.89. The van der Waals surface area contributed by atoms with Crippen LogP contribution in [0.1, 0.15) is 55.4 Å². The minimum atomic E-state index is 0.561. The van der Waals surface area contributed by atoms with Gasteiger partial charge in [0.05, 0.1) is 0 Å². The highest BCUT2D eigenvalue weighted by Gasteiger charge is 2.21. The number of phenolic OH excluding ortho intramolecular Hbond substituents is 1. The Morgan fingerprint density at radius 2 is 1.82 bits per heavy atom. The van der Waals surface area contributed by atoms with Gasteiger partial charge in [0.25, 0.3) is 0 Å². The number of hydrogen-bond donors (Lipinski definition) is 1. The molecule has 0 bridgehead atoms. The zero-order valence-corrected chi connectivity index (χ0v) is 11.3. The third-order valence-corrected chi connectivity index (χ3v) is 4.32. The van der Waals surface area contributed by atoms with Gasteiger partial charge in [0, 0.05) is 0 Å². The summed E-state index contributed by atoms with van der Waals surface area (Å²) >= 11 is 0. The molecule has 1 aromatic carbocycles. The average molecular weight is 232 g/mol. The van der Waals surface area contributed by atoms with E-state index in [1.165, 1.54) is 48.8 Å². The summed E-state index contributed by atoms with van der Waals surface area (Å²) in [7, 11) is 0. The van der Waals surface area contributed by atoms with Gasteiger partial charge in [-0.2, -0.15) is 0 Å². The van der Waals surface area contributed by atoms with E-state index in [9.17, 15) is 5.11 Å². The molecule has 0 atom stereocenters. The third kappa shape index (κ3) is 2.34. The number of hydrogen-bond acceptors (Lipinski definition) is 1. The summed E-state index contributed by atoms with van der Waals surface area (Å²) < 4.78 is 0. The van der Waals surface area contributed by atoms with Gasteiger partial charge in [-0.05, 0) is 60.8 Å². The van der Waals surface area contributed by atoms with Crippen molar-refractivity contribution in [1.82, 2.24) is 0 Å². The molecular weight excluding hydrogens is 208 g/mol. The summed E-state index contributed by atoms with van der Waals surface area (Å²) in [6.07, 6.45) is 7.15. The Bertz CT molecular complexity index is 402. The van der Waals surface area contributed by atoms with Crippen LogP contribution in [0.4, 0.5) is 0 Å². The number of phenols is 1. The lowest BCUT2D eigenvalue weighted by Crippen LogP contribution is -2.05. The molecule has 0 saturated heterocycles. The first-order valence-electron chi connectivity index (χ1n) is 7.00. The Kier molecular flexibility index (Phi) is 3.76. The molecule has 1 aliphatic carbocycles. The smallest absolute Gasteiger partial charge is 0.121 e. The molecule has 0 radical (unpaired) electrons. The molecular formula is C16H24O. The number of benzene rings is 1. The molecule has 0 amide bonds. The fourth-order valence-electron chi connectivity index (χ4n) is 3.08. The molecule has 1 aromatic rings. The molecule has 1 nitrogen and oxygen atoms in total. The van der Waals surface area contributed by atoms with Crippen molar-refractivity contribution in [2.24, 2.45) is 5.92 Å². The largest absolute Gasteiger partial charge is 0.507 e. The first-order chi connectivity index (χ1) is 8.17. The summed E-state index contributed by atoms with van der Waals surface area (Å²) in [4.78, 5) is 0. The molecule has 1 heteroatoms. The molecule has 0 heterocycles. The second-order valence-corrected chi connectivity index (χ2v) is 5.40. The van der Waals surface area contributed by atoms with Gasteiger partial charge in [0.15, 0.2) is 0 Å². The van der Waals surface area contributed by atoms with Crippen molar-refractivity contribution >= 4 is 0 Å². The number of rotatable bonds is 4. The predicted octanol–water partition coefficient (Wildman–Crippen LogP) is 4.17. The van der Waals surface area contributed by atoms with Gasteiger partial charge in [-0.25, -0.2) is 0 Å². The van der Waals surface area contributed by atoms with Crippen molar-refractivity contribution in [3.8, 4) is 5.75 Å². The van der Waals surface area contributed by atoms with Crippen LogP contribution >= 0.6 is 0 Å². The van der Waals surface area contributed by atoms with Crippen molar-refractivity contribution in [2.75, 3.05) is 0 Å². The van der Waals surface area contributed by atoms with Crippen molar-refractivity contribution in [2.45, 2.75) is 59.3 Å². The van der Waals surface area contributed by atoms with Crippen LogP contribution in [0.3, 0.4) is 0 Å². The van der Waals surface area contributed by atoms with Gasteiger partial charge >= 0.3 is 0 Å². The zero-order chi connectivity index (χ0) is 12.4. The van der Waals surface area contributed by atoms with E-state index in [1.54, 1.807) is 0 Å². The topological polar surface area (TPSA) is 20.2 Å². The molecule has 0 aromatic heterocycles. The van der Waals surface area contributed by atoms with Crippen LogP contribution < -0.4 is 0 Å². The number of fused-ring (bicyclic) bond motifs is 1. The van der Waals surface area contributed by atoms with E-state index < -0.39 is 0 Å². The highest BCUT2D eigenvalue weighted by molar-refractivity contribution is 5.51. The Balaban J connectivity index is 2.35. The van der Waals surface area contributed by atoms with E-state index in [4.69, 9.17) is 0 Å². The van der Waals surface area contributed by atoms with E-state index in [2.05, 4.69) is 19.9 Å². The van der Waals surface area contributed by atoms with Gasteiger partial charge in [0.1, 0.15) is 5.75 Å². The molecule has 0 unspecified atom stereocenters. The summed E-state index contributed by atoms with van der Waals surface area (Å²) in [6, 6.07) is 2.22. The molecule has 0 saturated carbocycles. The van der Waals surface area contributed by atoms with E-state index in [0.29, 0.717) is 5.75 Å². The van der Waals surface area contributed by atoms with Crippen molar-refractivity contribution in [3.63, 3.8) is 0 Å². The van der Waals surface area contributed by atoms with Gasteiger partial charge in [-0.1, -0.05) is 32.8 Å². The highest BCUT2D eigenvalue weighted by atomic mass is 16.3. The van der Waals surface area contributed by atoms with Crippen molar-refractivity contribution in [1.29, 1.82) is 0 Å². The van der Waals surface area contributed by atoms with E-state index in [1.807, 2.05) is 6.92 Å². The molecule has 0 aliphatic heterocycles. The Hall–Kier alpha value is -0.980. The summed E-state index contributed by atoms with van der Waals surface area (Å²) in [6.45, 7) is 6.59. The minimum absolute atomic E-state index is 0.561. The number of aryl methyl sites for hydroxylation is 1. The molecule has 17 heavy (non-hydrogen) atoms. The standard InChI is InChI=1S/C16H24O/c1-4-12(5-2)10-13-9-11(3)16(17)15-8-6-7-14(13)15/h9,12,17H,4-8,10H2,1-3H3. The third-order valence-electron chi connectivity index (χ3n) is 4.32. The SMILES string of the molecule is CCC(CC)Cc1cc(C)c(O)c2c1CCC2. The molecule has 1 aliphatic rings. The number of aromatic hydroxyl groups is 1. The molecule has 0 spiro atoms.